The molecule has 1 unspecified atom stereocenters. The molecule has 1 atom stereocenters. The third-order valence-electron chi connectivity index (χ3n) is 3.74. The molecule has 126 valence electrons. The second kappa shape index (κ2) is 6.52. The van der Waals surface area contributed by atoms with Crippen molar-refractivity contribution in [1.82, 2.24) is 5.32 Å². The molecule has 2 aromatic rings. The van der Waals surface area contributed by atoms with Crippen molar-refractivity contribution in [3.05, 3.63) is 45.1 Å². The van der Waals surface area contributed by atoms with Crippen LogP contribution in [0.1, 0.15) is 37.4 Å². The van der Waals surface area contributed by atoms with E-state index in [2.05, 4.69) is 5.32 Å². The van der Waals surface area contributed by atoms with E-state index in [1.165, 1.54) is 6.07 Å². The molecule has 1 aromatic carbocycles. The standard InChI is InChI=1S/C17H17NO5S/c1-9-5-10-6-11(7-13(22-2)15(10)23-9)16(19)18-8-12-3-4-14(24-12)17(20)21/h3-4,6-7,9H,5,8H2,1-2H3,(H,18,19)(H,20,21). The summed E-state index contributed by atoms with van der Waals surface area (Å²) in [5, 5.41) is 11.7. The number of carboxylic acid groups (broad SMARTS) is 1. The van der Waals surface area contributed by atoms with Gasteiger partial charge in [0.25, 0.3) is 5.91 Å². The summed E-state index contributed by atoms with van der Waals surface area (Å²) in [6.07, 6.45) is 0.799. The number of carbonyl (C=O) groups is 2. The van der Waals surface area contributed by atoms with Crippen LogP contribution in [0.5, 0.6) is 11.5 Å². The molecule has 0 saturated heterocycles. The Morgan fingerprint density at radius 2 is 2.21 bits per heavy atom. The number of thiophene rings is 1. The lowest BCUT2D eigenvalue weighted by Gasteiger charge is -2.10. The van der Waals surface area contributed by atoms with Crippen LogP contribution in [-0.2, 0) is 13.0 Å². The van der Waals surface area contributed by atoms with E-state index in [-0.39, 0.29) is 23.4 Å². The zero-order chi connectivity index (χ0) is 17.3. The van der Waals surface area contributed by atoms with Crippen LogP contribution in [0.4, 0.5) is 0 Å². The van der Waals surface area contributed by atoms with Crippen LogP contribution < -0.4 is 14.8 Å². The average Bonchev–Trinajstić information content (AvgIpc) is 3.16. The minimum absolute atomic E-state index is 0.0627. The maximum Gasteiger partial charge on any atom is 0.345 e. The summed E-state index contributed by atoms with van der Waals surface area (Å²) in [5.41, 5.74) is 1.45. The molecule has 0 spiro atoms. The predicted molar refractivity (Wildman–Crippen MR) is 89.2 cm³/mol. The van der Waals surface area contributed by atoms with Crippen molar-refractivity contribution in [3.63, 3.8) is 0 Å². The number of carboxylic acids is 1. The highest BCUT2D eigenvalue weighted by Crippen LogP contribution is 2.38. The number of rotatable bonds is 5. The van der Waals surface area contributed by atoms with Gasteiger partial charge in [-0.1, -0.05) is 0 Å². The Bertz CT molecular complexity index is 798. The van der Waals surface area contributed by atoms with Crippen molar-refractivity contribution in [2.75, 3.05) is 7.11 Å². The first kappa shape index (κ1) is 16.3. The van der Waals surface area contributed by atoms with Gasteiger partial charge in [-0.3, -0.25) is 4.79 Å². The van der Waals surface area contributed by atoms with Crippen LogP contribution in [0.25, 0.3) is 0 Å². The Hall–Kier alpha value is -2.54. The lowest BCUT2D eigenvalue weighted by atomic mass is 10.1. The Morgan fingerprint density at radius 1 is 1.42 bits per heavy atom. The molecule has 6 nitrogen and oxygen atoms in total. The Balaban J connectivity index is 1.73. The molecule has 0 radical (unpaired) electrons. The summed E-state index contributed by atoms with van der Waals surface area (Å²) in [4.78, 5) is 24.3. The molecule has 7 heteroatoms. The molecular formula is C17H17NO5S. The Labute approximate surface area is 143 Å². The quantitative estimate of drug-likeness (QED) is 0.869. The zero-order valence-electron chi connectivity index (χ0n) is 13.3. The fraction of sp³-hybridized carbons (Fsp3) is 0.294. The molecule has 0 saturated carbocycles. The molecule has 1 aliphatic heterocycles. The molecule has 0 bridgehead atoms. The third kappa shape index (κ3) is 3.21. The molecule has 0 aliphatic carbocycles. The normalized spacial score (nSPS) is 15.5. The summed E-state index contributed by atoms with van der Waals surface area (Å²) >= 11 is 1.15. The number of carbonyl (C=O) groups excluding carboxylic acids is 1. The molecule has 1 aliphatic rings. The van der Waals surface area contributed by atoms with E-state index in [0.717, 1.165) is 28.2 Å². The number of aromatic carboxylic acids is 1. The Kier molecular flexibility index (Phi) is 4.44. The molecule has 0 fully saturated rings. The van der Waals surface area contributed by atoms with Crippen LogP contribution >= 0.6 is 11.3 Å². The van der Waals surface area contributed by atoms with Gasteiger partial charge in [0.2, 0.25) is 0 Å². The number of benzene rings is 1. The van der Waals surface area contributed by atoms with Gasteiger partial charge in [-0.05, 0) is 31.2 Å². The minimum Gasteiger partial charge on any atom is -0.493 e. The number of fused-ring (bicyclic) bond motifs is 1. The molecule has 2 N–H and O–H groups in total. The topological polar surface area (TPSA) is 84.9 Å². The van der Waals surface area contributed by atoms with Crippen LogP contribution in [0, 0.1) is 0 Å². The highest BCUT2D eigenvalue weighted by atomic mass is 32.1. The third-order valence-corrected chi connectivity index (χ3v) is 4.81. The fourth-order valence-corrected chi connectivity index (χ4v) is 3.42. The fourth-order valence-electron chi connectivity index (χ4n) is 2.64. The monoisotopic (exact) mass is 347 g/mol. The molecule has 24 heavy (non-hydrogen) atoms. The summed E-state index contributed by atoms with van der Waals surface area (Å²) in [6.45, 7) is 2.25. The van der Waals surface area contributed by atoms with Crippen molar-refractivity contribution in [2.45, 2.75) is 26.0 Å². The van der Waals surface area contributed by atoms with Gasteiger partial charge in [0.15, 0.2) is 11.5 Å². The Morgan fingerprint density at radius 3 is 2.88 bits per heavy atom. The second-order valence-corrected chi connectivity index (χ2v) is 6.72. The largest absolute Gasteiger partial charge is 0.493 e. The van der Waals surface area contributed by atoms with Gasteiger partial charge in [0.1, 0.15) is 11.0 Å². The molecule has 2 heterocycles. The van der Waals surface area contributed by atoms with E-state index in [0.29, 0.717) is 17.1 Å². The minimum atomic E-state index is -0.963. The summed E-state index contributed by atoms with van der Waals surface area (Å²) < 4.78 is 11.0. The maximum absolute atomic E-state index is 12.4. The zero-order valence-corrected chi connectivity index (χ0v) is 14.1. The van der Waals surface area contributed by atoms with E-state index in [4.69, 9.17) is 14.6 Å². The molecule has 3 rings (SSSR count). The van der Waals surface area contributed by atoms with Gasteiger partial charge in [-0.15, -0.1) is 11.3 Å². The maximum atomic E-state index is 12.4. The van der Waals surface area contributed by atoms with Crippen LogP contribution in [0.3, 0.4) is 0 Å². The first-order valence-electron chi connectivity index (χ1n) is 7.45. The number of hydrogen-bond donors (Lipinski definition) is 2. The molecule has 1 amide bonds. The average molecular weight is 347 g/mol. The first-order chi connectivity index (χ1) is 11.5. The van der Waals surface area contributed by atoms with Crippen molar-refractivity contribution in [1.29, 1.82) is 0 Å². The van der Waals surface area contributed by atoms with Crippen molar-refractivity contribution in [3.8, 4) is 11.5 Å². The molecule has 1 aromatic heterocycles. The number of ether oxygens (including phenoxy) is 2. The van der Waals surface area contributed by atoms with E-state index < -0.39 is 5.97 Å². The number of amides is 1. The smallest absolute Gasteiger partial charge is 0.345 e. The summed E-state index contributed by atoms with van der Waals surface area (Å²) in [6, 6.07) is 6.70. The highest BCUT2D eigenvalue weighted by Gasteiger charge is 2.25. The van der Waals surface area contributed by atoms with Crippen molar-refractivity contribution >= 4 is 23.2 Å². The van der Waals surface area contributed by atoms with Crippen molar-refractivity contribution < 1.29 is 24.2 Å². The van der Waals surface area contributed by atoms with Gasteiger partial charge >= 0.3 is 5.97 Å². The van der Waals surface area contributed by atoms with Gasteiger partial charge in [0.05, 0.1) is 13.7 Å². The first-order valence-corrected chi connectivity index (χ1v) is 8.27. The van der Waals surface area contributed by atoms with E-state index in [1.807, 2.05) is 13.0 Å². The summed E-state index contributed by atoms with van der Waals surface area (Å²) in [5.74, 6) is 0.0492. The SMILES string of the molecule is COc1cc(C(=O)NCc2ccc(C(=O)O)s2)cc2c1OC(C)C2. The lowest BCUT2D eigenvalue weighted by Crippen LogP contribution is -2.22. The molecular weight excluding hydrogens is 330 g/mol. The van der Waals surface area contributed by atoms with E-state index in [9.17, 15) is 9.59 Å². The van der Waals surface area contributed by atoms with E-state index >= 15 is 0 Å². The van der Waals surface area contributed by atoms with Crippen LogP contribution in [-0.4, -0.2) is 30.2 Å². The van der Waals surface area contributed by atoms with Gasteiger partial charge < -0.3 is 19.9 Å². The number of methoxy groups -OCH3 is 1. The van der Waals surface area contributed by atoms with Crippen LogP contribution in [0.15, 0.2) is 24.3 Å². The van der Waals surface area contributed by atoms with Crippen molar-refractivity contribution in [2.24, 2.45) is 0 Å². The number of nitrogens with one attached hydrogen (secondary N) is 1. The second-order valence-electron chi connectivity index (χ2n) is 5.55. The summed E-state index contributed by atoms with van der Waals surface area (Å²) in [7, 11) is 1.54. The van der Waals surface area contributed by atoms with E-state index in [1.54, 1.807) is 19.2 Å². The van der Waals surface area contributed by atoms with Gasteiger partial charge in [-0.2, -0.15) is 0 Å². The highest BCUT2D eigenvalue weighted by molar-refractivity contribution is 7.13. The lowest BCUT2D eigenvalue weighted by molar-refractivity contribution is 0.0702. The van der Waals surface area contributed by atoms with Crippen LogP contribution in [0.2, 0.25) is 0 Å². The number of hydrogen-bond acceptors (Lipinski definition) is 5. The van der Waals surface area contributed by atoms with Gasteiger partial charge in [0, 0.05) is 22.4 Å². The predicted octanol–water partition coefficient (Wildman–Crippen LogP) is 2.71. The van der Waals surface area contributed by atoms with Gasteiger partial charge in [-0.25, -0.2) is 4.79 Å².